The lowest BCUT2D eigenvalue weighted by Gasteiger charge is -2.12. The third-order valence-electron chi connectivity index (χ3n) is 2.89. The molecule has 1 amide bonds. The second-order valence-electron chi connectivity index (χ2n) is 4.38. The summed E-state index contributed by atoms with van der Waals surface area (Å²) in [6.07, 6.45) is 0. The first-order valence-corrected chi connectivity index (χ1v) is 6.44. The largest absolute Gasteiger partial charge is 0.508 e. The molecule has 0 aliphatic rings. The van der Waals surface area contributed by atoms with Gasteiger partial charge in [-0.2, -0.15) is 0 Å². The molecule has 0 fully saturated rings. The number of phenolic OH excluding ortho intramolecular Hbond substituents is 1. The highest BCUT2D eigenvalue weighted by atomic mass is 16.5. The van der Waals surface area contributed by atoms with Crippen LogP contribution in [0.3, 0.4) is 0 Å². The van der Waals surface area contributed by atoms with Crippen LogP contribution < -0.4 is 10.1 Å². The van der Waals surface area contributed by atoms with Crippen molar-refractivity contribution in [1.29, 1.82) is 0 Å². The number of amides is 1. The third kappa shape index (κ3) is 3.09. The van der Waals surface area contributed by atoms with Gasteiger partial charge in [-0.15, -0.1) is 0 Å². The summed E-state index contributed by atoms with van der Waals surface area (Å²) in [6, 6.07) is 11.9. The van der Waals surface area contributed by atoms with E-state index < -0.39 is 0 Å². The average molecular weight is 271 g/mol. The van der Waals surface area contributed by atoms with Gasteiger partial charge in [0.2, 0.25) is 0 Å². The van der Waals surface area contributed by atoms with E-state index in [1.54, 1.807) is 30.3 Å². The Morgan fingerprint density at radius 1 is 1.25 bits per heavy atom. The van der Waals surface area contributed by atoms with Gasteiger partial charge in [0.05, 0.1) is 12.2 Å². The number of aromatic hydroxyl groups is 1. The average Bonchev–Trinajstić information content (AvgIpc) is 2.43. The fraction of sp³-hybridized carbons (Fsp3) is 0.188. The van der Waals surface area contributed by atoms with Gasteiger partial charge in [0.25, 0.3) is 5.91 Å². The minimum Gasteiger partial charge on any atom is -0.508 e. The Bertz CT molecular complexity index is 623. The Morgan fingerprint density at radius 3 is 2.70 bits per heavy atom. The van der Waals surface area contributed by atoms with Gasteiger partial charge >= 0.3 is 0 Å². The standard InChI is InChI=1S/C16H17NO3/c1-3-20-15-7-5-4-6-13(15)16(19)17-14-9-8-12(18)10-11(14)2/h4-10,18H,3H2,1-2H3,(H,17,19). The smallest absolute Gasteiger partial charge is 0.259 e. The van der Waals surface area contributed by atoms with Crippen molar-refractivity contribution in [3.63, 3.8) is 0 Å². The molecule has 4 heteroatoms. The van der Waals surface area contributed by atoms with Gasteiger partial charge in [-0.1, -0.05) is 12.1 Å². The van der Waals surface area contributed by atoms with Crippen LogP contribution in [-0.4, -0.2) is 17.6 Å². The zero-order chi connectivity index (χ0) is 14.5. The van der Waals surface area contributed by atoms with Crippen LogP contribution in [0.1, 0.15) is 22.8 Å². The van der Waals surface area contributed by atoms with Gasteiger partial charge in [0.15, 0.2) is 0 Å². The van der Waals surface area contributed by atoms with Crippen LogP contribution >= 0.6 is 0 Å². The number of nitrogens with one attached hydrogen (secondary N) is 1. The summed E-state index contributed by atoms with van der Waals surface area (Å²) in [5, 5.41) is 12.2. The first kappa shape index (κ1) is 13.9. The number of hydrogen-bond acceptors (Lipinski definition) is 3. The molecule has 2 aromatic carbocycles. The van der Waals surface area contributed by atoms with E-state index >= 15 is 0 Å². The molecule has 0 bridgehead atoms. The number of anilines is 1. The van der Waals surface area contributed by atoms with Crippen molar-refractivity contribution >= 4 is 11.6 Å². The quantitative estimate of drug-likeness (QED) is 0.838. The fourth-order valence-corrected chi connectivity index (χ4v) is 1.91. The molecule has 0 aromatic heterocycles. The summed E-state index contributed by atoms with van der Waals surface area (Å²) in [5.74, 6) is 0.502. The number of phenols is 1. The van der Waals surface area contributed by atoms with Crippen LogP contribution in [0, 0.1) is 6.92 Å². The molecule has 0 aliphatic heterocycles. The Kier molecular flexibility index (Phi) is 4.25. The van der Waals surface area contributed by atoms with Crippen LogP contribution in [0.4, 0.5) is 5.69 Å². The van der Waals surface area contributed by atoms with E-state index in [1.807, 2.05) is 19.9 Å². The van der Waals surface area contributed by atoms with Gasteiger partial charge in [-0.05, 0) is 49.7 Å². The number of carbonyl (C=O) groups excluding carboxylic acids is 1. The molecule has 0 spiro atoms. The molecule has 0 aliphatic carbocycles. The highest BCUT2D eigenvalue weighted by Crippen LogP contribution is 2.23. The van der Waals surface area contributed by atoms with Crippen molar-refractivity contribution < 1.29 is 14.6 Å². The van der Waals surface area contributed by atoms with Crippen molar-refractivity contribution in [1.82, 2.24) is 0 Å². The van der Waals surface area contributed by atoms with E-state index in [-0.39, 0.29) is 11.7 Å². The highest BCUT2D eigenvalue weighted by molar-refractivity contribution is 6.06. The number of benzene rings is 2. The second kappa shape index (κ2) is 6.10. The summed E-state index contributed by atoms with van der Waals surface area (Å²) in [6.45, 7) is 4.20. The Balaban J connectivity index is 2.24. The summed E-state index contributed by atoms with van der Waals surface area (Å²) >= 11 is 0. The summed E-state index contributed by atoms with van der Waals surface area (Å²) in [4.78, 5) is 12.3. The maximum atomic E-state index is 12.3. The van der Waals surface area contributed by atoms with E-state index in [4.69, 9.17) is 4.74 Å². The van der Waals surface area contributed by atoms with Crippen LogP contribution in [0.2, 0.25) is 0 Å². The van der Waals surface area contributed by atoms with Crippen LogP contribution in [0.5, 0.6) is 11.5 Å². The lowest BCUT2D eigenvalue weighted by molar-refractivity contribution is 0.102. The molecular formula is C16H17NO3. The summed E-state index contributed by atoms with van der Waals surface area (Å²) < 4.78 is 5.44. The van der Waals surface area contributed by atoms with Crippen LogP contribution in [-0.2, 0) is 0 Å². The first-order valence-electron chi connectivity index (χ1n) is 6.44. The minimum atomic E-state index is -0.233. The molecule has 0 saturated heterocycles. The topological polar surface area (TPSA) is 58.6 Å². The fourth-order valence-electron chi connectivity index (χ4n) is 1.91. The predicted molar refractivity (Wildman–Crippen MR) is 78.4 cm³/mol. The predicted octanol–water partition coefficient (Wildman–Crippen LogP) is 3.35. The Labute approximate surface area is 118 Å². The van der Waals surface area contributed by atoms with Gasteiger partial charge in [-0.3, -0.25) is 4.79 Å². The number of para-hydroxylation sites is 1. The van der Waals surface area contributed by atoms with E-state index in [0.717, 1.165) is 5.56 Å². The SMILES string of the molecule is CCOc1ccccc1C(=O)Nc1ccc(O)cc1C. The van der Waals surface area contributed by atoms with Crippen LogP contribution in [0.25, 0.3) is 0 Å². The molecule has 0 saturated carbocycles. The molecule has 0 unspecified atom stereocenters. The molecule has 104 valence electrons. The molecule has 0 heterocycles. The molecule has 0 atom stereocenters. The lowest BCUT2D eigenvalue weighted by atomic mass is 10.1. The van der Waals surface area contributed by atoms with Crippen molar-refractivity contribution in [2.24, 2.45) is 0 Å². The van der Waals surface area contributed by atoms with E-state index in [9.17, 15) is 9.90 Å². The van der Waals surface area contributed by atoms with Gasteiger partial charge < -0.3 is 15.2 Å². The summed E-state index contributed by atoms with van der Waals surface area (Å²) in [7, 11) is 0. The van der Waals surface area contributed by atoms with Crippen molar-refractivity contribution in [2.45, 2.75) is 13.8 Å². The Hall–Kier alpha value is -2.49. The summed E-state index contributed by atoms with van der Waals surface area (Å²) in [5.41, 5.74) is 1.95. The number of carbonyl (C=O) groups is 1. The molecule has 2 rings (SSSR count). The molecule has 0 radical (unpaired) electrons. The normalized spacial score (nSPS) is 10.1. The molecule has 20 heavy (non-hydrogen) atoms. The minimum absolute atomic E-state index is 0.176. The first-order chi connectivity index (χ1) is 9.61. The zero-order valence-corrected chi connectivity index (χ0v) is 11.5. The molecular weight excluding hydrogens is 254 g/mol. The molecule has 2 aromatic rings. The van der Waals surface area contributed by atoms with Gasteiger partial charge in [0.1, 0.15) is 11.5 Å². The number of rotatable bonds is 4. The van der Waals surface area contributed by atoms with Gasteiger partial charge in [-0.25, -0.2) is 0 Å². The van der Waals surface area contributed by atoms with Crippen LogP contribution in [0.15, 0.2) is 42.5 Å². The van der Waals surface area contributed by atoms with Crippen molar-refractivity contribution in [3.05, 3.63) is 53.6 Å². The van der Waals surface area contributed by atoms with Gasteiger partial charge in [0, 0.05) is 5.69 Å². The van der Waals surface area contributed by atoms with Crippen molar-refractivity contribution in [3.8, 4) is 11.5 Å². The lowest BCUT2D eigenvalue weighted by Crippen LogP contribution is -2.14. The maximum Gasteiger partial charge on any atom is 0.259 e. The van der Waals surface area contributed by atoms with E-state index in [2.05, 4.69) is 5.32 Å². The molecule has 2 N–H and O–H groups in total. The number of hydrogen-bond donors (Lipinski definition) is 2. The second-order valence-corrected chi connectivity index (χ2v) is 4.38. The zero-order valence-electron chi connectivity index (χ0n) is 11.5. The number of aryl methyl sites for hydroxylation is 1. The Morgan fingerprint density at radius 2 is 2.00 bits per heavy atom. The van der Waals surface area contributed by atoms with E-state index in [1.165, 1.54) is 6.07 Å². The third-order valence-corrected chi connectivity index (χ3v) is 2.89. The van der Waals surface area contributed by atoms with E-state index in [0.29, 0.717) is 23.6 Å². The monoisotopic (exact) mass is 271 g/mol. The molecule has 4 nitrogen and oxygen atoms in total. The van der Waals surface area contributed by atoms with Crippen molar-refractivity contribution in [2.75, 3.05) is 11.9 Å². The highest BCUT2D eigenvalue weighted by Gasteiger charge is 2.13. The maximum absolute atomic E-state index is 12.3. The number of ether oxygens (including phenoxy) is 1.